The molecule has 0 aliphatic rings. The van der Waals surface area contributed by atoms with Crippen molar-refractivity contribution in [3.05, 3.63) is 59.7 Å². The van der Waals surface area contributed by atoms with E-state index in [2.05, 4.69) is 10.6 Å². The van der Waals surface area contributed by atoms with Crippen molar-refractivity contribution in [1.82, 2.24) is 10.6 Å². The van der Waals surface area contributed by atoms with E-state index in [1.54, 1.807) is 48.5 Å². The number of nitrogen functional groups attached to an aromatic ring is 2. The number of aliphatic hydroxyl groups excluding tert-OH is 2. The number of nitrogens with two attached hydrogens (primary N) is 2. The molecule has 2 aromatic rings. The Balaban J connectivity index is 1.50. The highest BCUT2D eigenvalue weighted by molar-refractivity contribution is 5.95. The molecule has 0 saturated carbocycles. The molecule has 0 heterocycles. The Labute approximate surface area is 187 Å². The van der Waals surface area contributed by atoms with Gasteiger partial charge in [0.05, 0.1) is 0 Å². The predicted octanol–water partition coefficient (Wildman–Crippen LogP) is -0.386. The average molecular weight is 445 g/mol. The van der Waals surface area contributed by atoms with Crippen LogP contribution in [-0.4, -0.2) is 73.5 Å². The summed E-state index contributed by atoms with van der Waals surface area (Å²) in [5, 5.41) is 40.9. The fourth-order valence-electron chi connectivity index (χ4n) is 2.68. The molecule has 0 aromatic heterocycles. The summed E-state index contributed by atoms with van der Waals surface area (Å²) in [6.07, 6.45) is -1.34. The minimum Gasteiger partial charge on any atom is -0.491 e. The molecule has 0 saturated heterocycles. The molecular weight excluding hydrogens is 412 g/mol. The van der Waals surface area contributed by atoms with Crippen molar-refractivity contribution in [2.75, 3.05) is 39.4 Å². The normalized spacial score (nSPS) is 12.7. The first-order valence-corrected chi connectivity index (χ1v) is 10.3. The maximum Gasteiger partial charge on any atom is 0.122 e. The molecule has 2 aromatic carbocycles. The van der Waals surface area contributed by atoms with E-state index in [0.717, 1.165) is 0 Å². The first-order valence-electron chi connectivity index (χ1n) is 10.3. The van der Waals surface area contributed by atoms with Crippen LogP contribution in [0.3, 0.4) is 0 Å². The van der Waals surface area contributed by atoms with Crippen LogP contribution >= 0.6 is 0 Å². The standard InChI is InChI=1S/C22H32N6O4/c23-21(24)15-1-5-19(6-2-15)31-13-17(29)11-27-9-10-28-12-18(30)14-32-20-7-3-16(4-8-20)22(25)26/h1-8,17-18,27-30H,9-14H2,(H3,23,24)(H3,25,26). The zero-order valence-corrected chi connectivity index (χ0v) is 17.9. The maximum absolute atomic E-state index is 9.99. The van der Waals surface area contributed by atoms with E-state index < -0.39 is 12.2 Å². The second kappa shape index (κ2) is 13.3. The van der Waals surface area contributed by atoms with Gasteiger partial charge in [0.2, 0.25) is 0 Å². The molecule has 10 heteroatoms. The molecule has 0 spiro atoms. The van der Waals surface area contributed by atoms with E-state index in [4.69, 9.17) is 31.8 Å². The molecule has 2 atom stereocenters. The third-order valence-corrected chi connectivity index (χ3v) is 4.45. The van der Waals surface area contributed by atoms with E-state index in [1.807, 2.05) is 0 Å². The van der Waals surface area contributed by atoms with Gasteiger partial charge in [-0.2, -0.15) is 0 Å². The number of amidine groups is 2. The lowest BCUT2D eigenvalue weighted by Gasteiger charge is -2.15. The Morgan fingerprint density at radius 1 is 0.719 bits per heavy atom. The minimum atomic E-state index is -0.670. The largest absolute Gasteiger partial charge is 0.491 e. The van der Waals surface area contributed by atoms with Gasteiger partial charge in [0.15, 0.2) is 0 Å². The number of benzene rings is 2. The van der Waals surface area contributed by atoms with Gasteiger partial charge in [0.1, 0.15) is 48.6 Å². The zero-order chi connectivity index (χ0) is 23.3. The highest BCUT2D eigenvalue weighted by Gasteiger charge is 2.07. The van der Waals surface area contributed by atoms with Gasteiger partial charge in [-0.25, -0.2) is 0 Å². The average Bonchev–Trinajstić information content (AvgIpc) is 2.79. The zero-order valence-electron chi connectivity index (χ0n) is 17.9. The third kappa shape index (κ3) is 9.31. The van der Waals surface area contributed by atoms with Crippen LogP contribution in [0.2, 0.25) is 0 Å². The van der Waals surface area contributed by atoms with Crippen LogP contribution in [0.5, 0.6) is 11.5 Å². The third-order valence-electron chi connectivity index (χ3n) is 4.45. The Hall–Kier alpha value is -3.18. The van der Waals surface area contributed by atoms with Crippen molar-refractivity contribution in [3.63, 3.8) is 0 Å². The van der Waals surface area contributed by atoms with Crippen LogP contribution in [0.1, 0.15) is 11.1 Å². The molecule has 0 amide bonds. The van der Waals surface area contributed by atoms with Crippen LogP contribution in [0.4, 0.5) is 0 Å². The lowest BCUT2D eigenvalue weighted by Crippen LogP contribution is -2.38. The van der Waals surface area contributed by atoms with Gasteiger partial charge in [0.25, 0.3) is 0 Å². The smallest absolute Gasteiger partial charge is 0.122 e. The maximum atomic E-state index is 9.99. The Bertz CT molecular complexity index is 773. The number of hydrogen-bond acceptors (Lipinski definition) is 8. The fourth-order valence-corrected chi connectivity index (χ4v) is 2.68. The van der Waals surface area contributed by atoms with Gasteiger partial charge < -0.3 is 41.8 Å². The van der Waals surface area contributed by atoms with Gasteiger partial charge in [-0.1, -0.05) is 0 Å². The summed E-state index contributed by atoms with van der Waals surface area (Å²) in [6.45, 7) is 2.26. The summed E-state index contributed by atoms with van der Waals surface area (Å²) in [6, 6.07) is 13.6. The summed E-state index contributed by atoms with van der Waals surface area (Å²) in [5.41, 5.74) is 12.0. The summed E-state index contributed by atoms with van der Waals surface area (Å²) in [5.74, 6) is 1.19. The van der Waals surface area contributed by atoms with Crippen LogP contribution in [-0.2, 0) is 0 Å². The van der Waals surface area contributed by atoms with Crippen molar-refractivity contribution < 1.29 is 19.7 Å². The number of rotatable bonds is 15. The van der Waals surface area contributed by atoms with Crippen LogP contribution in [0, 0.1) is 10.8 Å². The van der Waals surface area contributed by atoms with Crippen molar-refractivity contribution in [3.8, 4) is 11.5 Å². The molecule has 32 heavy (non-hydrogen) atoms. The van der Waals surface area contributed by atoms with Crippen molar-refractivity contribution >= 4 is 11.7 Å². The lowest BCUT2D eigenvalue weighted by atomic mass is 10.2. The van der Waals surface area contributed by atoms with Gasteiger partial charge in [-0.05, 0) is 48.5 Å². The second-order valence-electron chi connectivity index (χ2n) is 7.21. The van der Waals surface area contributed by atoms with E-state index in [1.165, 1.54) is 0 Å². The van der Waals surface area contributed by atoms with Crippen LogP contribution in [0.15, 0.2) is 48.5 Å². The molecule has 0 aliphatic heterocycles. The monoisotopic (exact) mass is 444 g/mol. The van der Waals surface area contributed by atoms with Gasteiger partial charge >= 0.3 is 0 Å². The summed E-state index contributed by atoms with van der Waals surface area (Å²) >= 11 is 0. The second-order valence-corrected chi connectivity index (χ2v) is 7.21. The first-order chi connectivity index (χ1) is 15.3. The SMILES string of the molecule is N=C(N)c1ccc(OCC(O)CNCCNCC(O)COc2ccc(C(=N)N)cc2)cc1. The van der Waals surface area contributed by atoms with E-state index in [-0.39, 0.29) is 24.9 Å². The molecule has 0 radical (unpaired) electrons. The molecule has 2 unspecified atom stereocenters. The first kappa shape index (κ1) is 25.1. The molecular formula is C22H32N6O4. The number of aliphatic hydroxyl groups is 2. The van der Waals surface area contributed by atoms with Crippen molar-refractivity contribution in [1.29, 1.82) is 10.8 Å². The van der Waals surface area contributed by atoms with E-state index in [9.17, 15) is 10.2 Å². The van der Waals surface area contributed by atoms with Crippen molar-refractivity contribution in [2.45, 2.75) is 12.2 Å². The van der Waals surface area contributed by atoms with Gasteiger partial charge in [-0.3, -0.25) is 10.8 Å². The highest BCUT2D eigenvalue weighted by atomic mass is 16.5. The molecule has 10 nitrogen and oxygen atoms in total. The quantitative estimate of drug-likeness (QED) is 0.104. The Morgan fingerprint density at radius 3 is 1.38 bits per heavy atom. The summed E-state index contributed by atoms with van der Waals surface area (Å²) in [7, 11) is 0. The summed E-state index contributed by atoms with van der Waals surface area (Å²) < 4.78 is 11.0. The number of hydrogen-bond donors (Lipinski definition) is 8. The van der Waals surface area contributed by atoms with Crippen LogP contribution < -0.4 is 31.6 Å². The van der Waals surface area contributed by atoms with Crippen LogP contribution in [0.25, 0.3) is 0 Å². The molecule has 0 aliphatic carbocycles. The lowest BCUT2D eigenvalue weighted by molar-refractivity contribution is 0.103. The summed E-state index contributed by atoms with van der Waals surface area (Å²) in [4.78, 5) is 0. The van der Waals surface area contributed by atoms with Gasteiger partial charge in [-0.15, -0.1) is 0 Å². The molecule has 0 bridgehead atoms. The Morgan fingerprint density at radius 2 is 1.06 bits per heavy atom. The number of nitrogens with one attached hydrogen (secondary N) is 4. The molecule has 2 rings (SSSR count). The van der Waals surface area contributed by atoms with Crippen molar-refractivity contribution in [2.24, 2.45) is 11.5 Å². The topological polar surface area (TPSA) is 183 Å². The predicted molar refractivity (Wildman–Crippen MR) is 124 cm³/mol. The number of ether oxygens (including phenoxy) is 2. The van der Waals surface area contributed by atoms with E-state index >= 15 is 0 Å². The molecule has 10 N–H and O–H groups in total. The minimum absolute atomic E-state index is 0.00474. The van der Waals surface area contributed by atoms with E-state index in [0.29, 0.717) is 48.8 Å². The molecule has 174 valence electrons. The fraction of sp³-hybridized carbons (Fsp3) is 0.364. The molecule has 0 fully saturated rings. The Kier molecular flexibility index (Phi) is 10.4. The highest BCUT2D eigenvalue weighted by Crippen LogP contribution is 2.13. The van der Waals surface area contributed by atoms with Gasteiger partial charge in [0, 0.05) is 37.3 Å².